The first-order valence-electron chi connectivity index (χ1n) is 5.89. The number of aliphatic hydroxyl groups is 1. The van der Waals surface area contributed by atoms with Crippen molar-refractivity contribution < 1.29 is 19.8 Å². The standard InChI is InChI=1S/C11H22N2O4/c1-3-6-13(7-8-14)11(17)12-5-4-9(2)10(15)16/h9,14H,3-8H2,1-2H3,(H,12,17)(H,15,16). The van der Waals surface area contributed by atoms with Crippen LogP contribution in [0.4, 0.5) is 4.79 Å². The zero-order valence-electron chi connectivity index (χ0n) is 10.5. The number of amides is 2. The third kappa shape index (κ3) is 6.78. The van der Waals surface area contributed by atoms with Crippen LogP contribution in [0.3, 0.4) is 0 Å². The Balaban J connectivity index is 3.92. The second-order valence-electron chi connectivity index (χ2n) is 3.97. The van der Waals surface area contributed by atoms with E-state index in [1.807, 2.05) is 6.92 Å². The molecule has 6 nitrogen and oxygen atoms in total. The van der Waals surface area contributed by atoms with Crippen LogP contribution in [-0.2, 0) is 4.79 Å². The monoisotopic (exact) mass is 246 g/mol. The van der Waals surface area contributed by atoms with Crippen molar-refractivity contribution in [1.82, 2.24) is 10.2 Å². The predicted molar refractivity (Wildman–Crippen MR) is 63.8 cm³/mol. The van der Waals surface area contributed by atoms with Gasteiger partial charge in [-0.2, -0.15) is 0 Å². The topological polar surface area (TPSA) is 89.9 Å². The third-order valence-electron chi connectivity index (χ3n) is 2.43. The summed E-state index contributed by atoms with van der Waals surface area (Å²) in [5.74, 6) is -1.33. The van der Waals surface area contributed by atoms with Crippen molar-refractivity contribution in [3.8, 4) is 0 Å². The fraction of sp³-hybridized carbons (Fsp3) is 0.818. The van der Waals surface area contributed by atoms with E-state index >= 15 is 0 Å². The fourth-order valence-electron chi connectivity index (χ4n) is 1.34. The van der Waals surface area contributed by atoms with Crippen molar-refractivity contribution in [2.75, 3.05) is 26.2 Å². The molecular formula is C11H22N2O4. The third-order valence-corrected chi connectivity index (χ3v) is 2.43. The summed E-state index contributed by atoms with van der Waals surface area (Å²) in [6.45, 7) is 4.70. The molecule has 0 rings (SSSR count). The maximum absolute atomic E-state index is 11.6. The molecule has 0 aliphatic heterocycles. The van der Waals surface area contributed by atoms with Crippen molar-refractivity contribution in [2.45, 2.75) is 26.7 Å². The molecule has 0 saturated heterocycles. The van der Waals surface area contributed by atoms with Gasteiger partial charge in [-0.1, -0.05) is 13.8 Å². The number of nitrogens with one attached hydrogen (secondary N) is 1. The Hall–Kier alpha value is -1.30. The highest BCUT2D eigenvalue weighted by Gasteiger charge is 2.13. The zero-order chi connectivity index (χ0) is 13.3. The fourth-order valence-corrected chi connectivity index (χ4v) is 1.34. The van der Waals surface area contributed by atoms with Crippen LogP contribution in [-0.4, -0.2) is 53.4 Å². The van der Waals surface area contributed by atoms with E-state index in [0.29, 0.717) is 26.1 Å². The molecule has 2 amide bonds. The van der Waals surface area contributed by atoms with Gasteiger partial charge >= 0.3 is 12.0 Å². The Morgan fingerprint density at radius 1 is 1.35 bits per heavy atom. The van der Waals surface area contributed by atoms with E-state index in [-0.39, 0.29) is 12.6 Å². The highest BCUT2D eigenvalue weighted by atomic mass is 16.4. The average molecular weight is 246 g/mol. The Kier molecular flexibility index (Phi) is 8.13. The van der Waals surface area contributed by atoms with Crippen molar-refractivity contribution in [2.24, 2.45) is 5.92 Å². The van der Waals surface area contributed by atoms with Crippen molar-refractivity contribution in [3.63, 3.8) is 0 Å². The van der Waals surface area contributed by atoms with Crippen LogP contribution in [0.15, 0.2) is 0 Å². The lowest BCUT2D eigenvalue weighted by molar-refractivity contribution is -0.141. The van der Waals surface area contributed by atoms with Gasteiger partial charge < -0.3 is 20.4 Å². The molecule has 0 aromatic heterocycles. The van der Waals surface area contributed by atoms with Crippen molar-refractivity contribution in [3.05, 3.63) is 0 Å². The minimum Gasteiger partial charge on any atom is -0.481 e. The van der Waals surface area contributed by atoms with Gasteiger partial charge in [0.25, 0.3) is 0 Å². The average Bonchev–Trinajstić information content (AvgIpc) is 2.28. The summed E-state index contributed by atoms with van der Waals surface area (Å²) in [6.07, 6.45) is 1.22. The quantitative estimate of drug-likeness (QED) is 0.582. The highest BCUT2D eigenvalue weighted by molar-refractivity contribution is 5.74. The Labute approximate surface area is 102 Å². The Bertz CT molecular complexity index is 240. The van der Waals surface area contributed by atoms with E-state index in [1.54, 1.807) is 6.92 Å². The summed E-state index contributed by atoms with van der Waals surface area (Å²) >= 11 is 0. The lowest BCUT2D eigenvalue weighted by Crippen LogP contribution is -2.42. The maximum atomic E-state index is 11.6. The minimum absolute atomic E-state index is 0.0705. The minimum atomic E-state index is -0.861. The van der Waals surface area contributed by atoms with Crippen LogP contribution in [0.1, 0.15) is 26.7 Å². The van der Waals surface area contributed by atoms with E-state index < -0.39 is 11.9 Å². The molecule has 0 aromatic carbocycles. The van der Waals surface area contributed by atoms with Crippen LogP contribution >= 0.6 is 0 Å². The van der Waals surface area contributed by atoms with Crippen LogP contribution in [0, 0.1) is 5.92 Å². The summed E-state index contributed by atoms with van der Waals surface area (Å²) in [7, 11) is 0. The first-order valence-corrected chi connectivity index (χ1v) is 5.89. The first-order chi connectivity index (χ1) is 8.02. The molecule has 0 aromatic rings. The summed E-state index contributed by atoms with van der Waals surface area (Å²) < 4.78 is 0. The largest absolute Gasteiger partial charge is 0.481 e. The summed E-state index contributed by atoms with van der Waals surface area (Å²) in [6, 6.07) is -0.251. The molecule has 0 heterocycles. The van der Waals surface area contributed by atoms with E-state index in [4.69, 9.17) is 10.2 Å². The van der Waals surface area contributed by atoms with E-state index in [2.05, 4.69) is 5.32 Å². The number of carboxylic acids is 1. The van der Waals surface area contributed by atoms with Crippen LogP contribution < -0.4 is 5.32 Å². The number of nitrogens with zero attached hydrogens (tertiary/aromatic N) is 1. The molecular weight excluding hydrogens is 224 g/mol. The number of carboxylic acid groups (broad SMARTS) is 1. The second kappa shape index (κ2) is 8.81. The van der Waals surface area contributed by atoms with Gasteiger partial charge in [0.2, 0.25) is 0 Å². The molecule has 0 saturated carbocycles. The number of aliphatic carboxylic acids is 1. The number of hydrogen-bond acceptors (Lipinski definition) is 3. The van der Waals surface area contributed by atoms with Crippen LogP contribution in [0.25, 0.3) is 0 Å². The second-order valence-corrected chi connectivity index (χ2v) is 3.97. The van der Waals surface area contributed by atoms with Gasteiger partial charge in [-0.15, -0.1) is 0 Å². The molecule has 0 fully saturated rings. The molecule has 0 radical (unpaired) electrons. The lowest BCUT2D eigenvalue weighted by atomic mass is 10.1. The normalized spacial score (nSPS) is 11.9. The number of urea groups is 1. The smallest absolute Gasteiger partial charge is 0.317 e. The van der Waals surface area contributed by atoms with Gasteiger partial charge in [-0.05, 0) is 12.8 Å². The van der Waals surface area contributed by atoms with Gasteiger partial charge in [-0.3, -0.25) is 4.79 Å². The Morgan fingerprint density at radius 2 is 2.00 bits per heavy atom. The van der Waals surface area contributed by atoms with Crippen molar-refractivity contribution in [1.29, 1.82) is 0 Å². The first kappa shape index (κ1) is 15.7. The number of aliphatic hydroxyl groups excluding tert-OH is 1. The van der Waals surface area contributed by atoms with Gasteiger partial charge in [0.1, 0.15) is 0 Å². The van der Waals surface area contributed by atoms with Crippen LogP contribution in [0.2, 0.25) is 0 Å². The molecule has 6 heteroatoms. The van der Waals surface area contributed by atoms with E-state index in [9.17, 15) is 9.59 Å². The molecule has 17 heavy (non-hydrogen) atoms. The highest BCUT2D eigenvalue weighted by Crippen LogP contribution is 2.00. The number of hydrogen-bond donors (Lipinski definition) is 3. The van der Waals surface area contributed by atoms with Gasteiger partial charge in [0.15, 0.2) is 0 Å². The van der Waals surface area contributed by atoms with Gasteiger partial charge in [0, 0.05) is 19.6 Å². The Morgan fingerprint density at radius 3 is 2.47 bits per heavy atom. The molecule has 0 bridgehead atoms. The maximum Gasteiger partial charge on any atom is 0.317 e. The molecule has 1 atom stereocenters. The van der Waals surface area contributed by atoms with Gasteiger partial charge in [-0.25, -0.2) is 4.79 Å². The summed E-state index contributed by atoms with van der Waals surface area (Å²) in [5.41, 5.74) is 0. The zero-order valence-corrected chi connectivity index (χ0v) is 10.5. The summed E-state index contributed by atoms with van der Waals surface area (Å²) in [4.78, 5) is 23.7. The molecule has 0 spiro atoms. The summed E-state index contributed by atoms with van der Waals surface area (Å²) in [5, 5.41) is 20.1. The SMILES string of the molecule is CCCN(CCO)C(=O)NCCC(C)C(=O)O. The van der Waals surface area contributed by atoms with E-state index in [0.717, 1.165) is 6.42 Å². The number of rotatable bonds is 8. The molecule has 0 aliphatic carbocycles. The molecule has 1 unspecified atom stereocenters. The van der Waals surface area contributed by atoms with Crippen molar-refractivity contribution >= 4 is 12.0 Å². The molecule has 100 valence electrons. The molecule has 3 N–H and O–H groups in total. The van der Waals surface area contributed by atoms with E-state index in [1.165, 1.54) is 4.90 Å². The number of carbonyl (C=O) groups excluding carboxylic acids is 1. The predicted octanol–water partition coefficient (Wildman–Crippen LogP) is 0.511. The van der Waals surface area contributed by atoms with Gasteiger partial charge in [0.05, 0.1) is 12.5 Å². The molecule has 0 aliphatic rings. The lowest BCUT2D eigenvalue weighted by Gasteiger charge is -2.21. The number of carbonyl (C=O) groups is 2. The van der Waals surface area contributed by atoms with Crippen LogP contribution in [0.5, 0.6) is 0 Å².